The first-order chi connectivity index (χ1) is 15.0. The smallest absolute Gasteiger partial charge is 0.258 e. The number of hydrogen-bond acceptors (Lipinski definition) is 7. The van der Waals surface area contributed by atoms with Gasteiger partial charge in [-0.15, -0.1) is 0 Å². The number of hydrogen-bond donors (Lipinski definition) is 2. The molecule has 3 heterocycles. The number of fused-ring (bicyclic) bond motifs is 1. The zero-order valence-corrected chi connectivity index (χ0v) is 17.8. The highest BCUT2D eigenvalue weighted by Gasteiger charge is 2.42. The van der Waals surface area contributed by atoms with Crippen LogP contribution in [0.25, 0.3) is 0 Å². The fraction of sp³-hybridized carbons (Fsp3) is 0.455. The third-order valence-corrected chi connectivity index (χ3v) is 5.98. The van der Waals surface area contributed by atoms with Crippen molar-refractivity contribution in [1.29, 1.82) is 5.26 Å². The molecule has 3 atom stereocenters. The maximum Gasteiger partial charge on any atom is 0.258 e. The van der Waals surface area contributed by atoms with Crippen LogP contribution in [0.1, 0.15) is 36.8 Å². The van der Waals surface area contributed by atoms with E-state index >= 15 is 0 Å². The summed E-state index contributed by atoms with van der Waals surface area (Å²) in [4.78, 5) is 35.6. The molecule has 2 aromatic rings. The number of nitrogens with one attached hydrogen (secondary N) is 2. The standard InChI is InChI=1S/C22H25N5O4/c1-12-5-4-8-27(11-12)22-25-19-18(21(29)26-22)17(15(10-23)20(28)24-19)14-9-13(30-2)6-7-16(14)31-3/h6-7,9,12,15,17H,4-5,8,11H2,1-3H3,(H2,24,25,26,28,29). The first-order valence-electron chi connectivity index (χ1n) is 10.3. The van der Waals surface area contributed by atoms with Crippen molar-refractivity contribution in [3.8, 4) is 17.6 Å². The van der Waals surface area contributed by atoms with Gasteiger partial charge in [-0.25, -0.2) is 0 Å². The highest BCUT2D eigenvalue weighted by atomic mass is 16.5. The van der Waals surface area contributed by atoms with Crippen molar-refractivity contribution in [3.05, 3.63) is 39.7 Å². The number of methoxy groups -OCH3 is 2. The summed E-state index contributed by atoms with van der Waals surface area (Å²) in [5.74, 6) is -0.363. The van der Waals surface area contributed by atoms with Gasteiger partial charge in [0.2, 0.25) is 11.9 Å². The second kappa shape index (κ2) is 8.30. The molecule has 0 spiro atoms. The summed E-state index contributed by atoms with van der Waals surface area (Å²) < 4.78 is 10.8. The van der Waals surface area contributed by atoms with Crippen LogP contribution in [0.4, 0.5) is 11.8 Å². The molecule has 2 N–H and O–H groups in total. The van der Waals surface area contributed by atoms with E-state index in [4.69, 9.17) is 9.47 Å². The molecule has 0 aliphatic carbocycles. The lowest BCUT2D eigenvalue weighted by molar-refractivity contribution is -0.119. The van der Waals surface area contributed by atoms with Crippen molar-refractivity contribution in [1.82, 2.24) is 9.97 Å². The number of H-pyrrole nitrogens is 1. The number of amides is 1. The maximum absolute atomic E-state index is 13.3. The second-order valence-electron chi connectivity index (χ2n) is 8.03. The van der Waals surface area contributed by atoms with Gasteiger partial charge in [-0.1, -0.05) is 6.92 Å². The van der Waals surface area contributed by atoms with Crippen LogP contribution >= 0.6 is 0 Å². The molecule has 31 heavy (non-hydrogen) atoms. The Hall–Kier alpha value is -3.54. The van der Waals surface area contributed by atoms with E-state index in [1.54, 1.807) is 18.2 Å². The monoisotopic (exact) mass is 423 g/mol. The predicted octanol–water partition coefficient (Wildman–Crippen LogP) is 2.25. The van der Waals surface area contributed by atoms with Gasteiger partial charge < -0.3 is 19.7 Å². The van der Waals surface area contributed by atoms with E-state index in [9.17, 15) is 14.9 Å². The average Bonchev–Trinajstić information content (AvgIpc) is 2.77. The number of carbonyl (C=O) groups is 1. The molecule has 3 unspecified atom stereocenters. The zero-order chi connectivity index (χ0) is 22.1. The van der Waals surface area contributed by atoms with Gasteiger partial charge in [-0.3, -0.25) is 14.6 Å². The molecule has 1 amide bonds. The molecule has 2 aliphatic rings. The van der Waals surface area contributed by atoms with E-state index in [1.807, 2.05) is 11.0 Å². The van der Waals surface area contributed by atoms with Crippen LogP contribution < -0.4 is 25.2 Å². The van der Waals surface area contributed by atoms with Crippen molar-refractivity contribution < 1.29 is 14.3 Å². The minimum Gasteiger partial charge on any atom is -0.497 e. The number of anilines is 2. The van der Waals surface area contributed by atoms with Crippen LogP contribution in [0.5, 0.6) is 11.5 Å². The molecular formula is C22H25N5O4. The number of nitrogens with zero attached hydrogens (tertiary/aromatic N) is 3. The highest BCUT2D eigenvalue weighted by Crippen LogP contribution is 2.43. The van der Waals surface area contributed by atoms with E-state index in [0.29, 0.717) is 28.9 Å². The summed E-state index contributed by atoms with van der Waals surface area (Å²) in [5.41, 5.74) is 0.385. The Balaban J connectivity index is 1.88. The number of rotatable bonds is 4. The fourth-order valence-electron chi connectivity index (χ4n) is 4.45. The van der Waals surface area contributed by atoms with E-state index in [1.165, 1.54) is 14.2 Å². The number of aromatic amines is 1. The van der Waals surface area contributed by atoms with Crippen molar-refractivity contribution in [3.63, 3.8) is 0 Å². The predicted molar refractivity (Wildman–Crippen MR) is 115 cm³/mol. The van der Waals surface area contributed by atoms with Gasteiger partial charge in [-0.05, 0) is 37.0 Å². The summed E-state index contributed by atoms with van der Waals surface area (Å²) in [5, 5.41) is 12.4. The van der Waals surface area contributed by atoms with E-state index in [0.717, 1.165) is 25.9 Å². The van der Waals surface area contributed by atoms with Crippen molar-refractivity contribution in [2.75, 3.05) is 37.5 Å². The Kier molecular flexibility index (Phi) is 5.55. The summed E-state index contributed by atoms with van der Waals surface area (Å²) >= 11 is 0. The van der Waals surface area contributed by atoms with Gasteiger partial charge in [0.25, 0.3) is 5.56 Å². The summed E-state index contributed by atoms with van der Waals surface area (Å²) in [7, 11) is 3.02. The maximum atomic E-state index is 13.3. The molecule has 1 fully saturated rings. The fourth-order valence-corrected chi connectivity index (χ4v) is 4.45. The first-order valence-corrected chi connectivity index (χ1v) is 10.3. The van der Waals surface area contributed by atoms with Gasteiger partial charge in [0.05, 0.1) is 25.9 Å². The molecule has 1 saturated heterocycles. The molecule has 2 aliphatic heterocycles. The van der Waals surface area contributed by atoms with Gasteiger partial charge in [-0.2, -0.15) is 10.2 Å². The van der Waals surface area contributed by atoms with Gasteiger partial charge in [0.1, 0.15) is 23.2 Å². The Morgan fingerprint density at radius 1 is 1.26 bits per heavy atom. The number of piperidine rings is 1. The number of ether oxygens (including phenoxy) is 2. The van der Waals surface area contributed by atoms with Gasteiger partial charge in [0.15, 0.2) is 0 Å². The Morgan fingerprint density at radius 3 is 2.74 bits per heavy atom. The SMILES string of the molecule is COc1ccc(OC)c(C2c3c(nc(N4CCCC(C)C4)[nH]c3=O)NC(=O)C2C#N)c1. The quantitative estimate of drug-likeness (QED) is 0.774. The van der Waals surface area contributed by atoms with Crippen LogP contribution in [-0.2, 0) is 4.79 Å². The molecule has 0 radical (unpaired) electrons. The number of benzene rings is 1. The second-order valence-corrected chi connectivity index (χ2v) is 8.03. The lowest BCUT2D eigenvalue weighted by atomic mass is 9.78. The minimum absolute atomic E-state index is 0.184. The summed E-state index contributed by atoms with van der Waals surface area (Å²) in [6, 6.07) is 7.15. The van der Waals surface area contributed by atoms with E-state index in [2.05, 4.69) is 22.2 Å². The van der Waals surface area contributed by atoms with Crippen LogP contribution in [-0.4, -0.2) is 43.2 Å². The number of carbonyl (C=O) groups excluding carboxylic acids is 1. The first kappa shape index (κ1) is 20.7. The lowest BCUT2D eigenvalue weighted by Gasteiger charge is -2.33. The van der Waals surface area contributed by atoms with Crippen molar-refractivity contribution in [2.24, 2.45) is 11.8 Å². The van der Waals surface area contributed by atoms with Gasteiger partial charge in [0, 0.05) is 24.6 Å². The van der Waals surface area contributed by atoms with E-state index in [-0.39, 0.29) is 16.9 Å². The molecule has 1 aromatic carbocycles. The Bertz CT molecular complexity index is 1110. The van der Waals surface area contributed by atoms with Crippen molar-refractivity contribution in [2.45, 2.75) is 25.7 Å². The third-order valence-electron chi connectivity index (χ3n) is 5.98. The normalized spacial score (nSPS) is 22.8. The van der Waals surface area contributed by atoms with Crippen LogP contribution in [0, 0.1) is 23.2 Å². The number of aromatic nitrogens is 2. The number of nitriles is 1. The molecular weight excluding hydrogens is 398 g/mol. The average molecular weight is 423 g/mol. The van der Waals surface area contributed by atoms with E-state index < -0.39 is 17.7 Å². The highest BCUT2D eigenvalue weighted by molar-refractivity contribution is 5.98. The van der Waals surface area contributed by atoms with Crippen LogP contribution in [0.2, 0.25) is 0 Å². The summed E-state index contributed by atoms with van der Waals surface area (Å²) in [6.45, 7) is 3.73. The molecule has 9 heteroatoms. The van der Waals surface area contributed by atoms with Crippen LogP contribution in [0.15, 0.2) is 23.0 Å². The zero-order valence-electron chi connectivity index (χ0n) is 17.8. The third kappa shape index (κ3) is 3.69. The topological polar surface area (TPSA) is 120 Å². The molecule has 9 nitrogen and oxygen atoms in total. The summed E-state index contributed by atoms with van der Waals surface area (Å²) in [6.07, 6.45) is 2.14. The Morgan fingerprint density at radius 2 is 2.06 bits per heavy atom. The molecule has 1 aromatic heterocycles. The molecule has 4 rings (SSSR count). The largest absolute Gasteiger partial charge is 0.497 e. The molecule has 0 bridgehead atoms. The molecule has 162 valence electrons. The van der Waals surface area contributed by atoms with Crippen molar-refractivity contribution >= 4 is 17.7 Å². The lowest BCUT2D eigenvalue weighted by Crippen LogP contribution is -2.41. The minimum atomic E-state index is -1.11. The van der Waals surface area contributed by atoms with Crippen LogP contribution in [0.3, 0.4) is 0 Å². The molecule has 0 saturated carbocycles. The van der Waals surface area contributed by atoms with Gasteiger partial charge >= 0.3 is 0 Å². The Labute approximate surface area is 180 Å².